The van der Waals surface area contributed by atoms with E-state index in [-0.39, 0.29) is 18.4 Å². The van der Waals surface area contributed by atoms with Gasteiger partial charge in [0.1, 0.15) is 6.04 Å². The third-order valence-electron chi connectivity index (χ3n) is 2.91. The number of rotatable bonds is 1. The lowest BCUT2D eigenvalue weighted by atomic mass is 9.82. The number of carbonyl (C=O) groups is 1. The van der Waals surface area contributed by atoms with Gasteiger partial charge in [-0.1, -0.05) is 12.2 Å². The van der Waals surface area contributed by atoms with Crippen LogP contribution in [0.4, 0.5) is 0 Å². The summed E-state index contributed by atoms with van der Waals surface area (Å²) in [5, 5.41) is 11.9. The molecule has 1 aliphatic heterocycles. The zero-order valence-corrected chi connectivity index (χ0v) is 8.09. The van der Waals surface area contributed by atoms with E-state index in [9.17, 15) is 4.79 Å². The Morgan fingerprint density at radius 3 is 2.77 bits per heavy atom. The second-order valence-electron chi connectivity index (χ2n) is 3.59. The van der Waals surface area contributed by atoms with Gasteiger partial charge in [0.05, 0.1) is 0 Å². The van der Waals surface area contributed by atoms with Crippen molar-refractivity contribution < 1.29 is 9.90 Å². The highest BCUT2D eigenvalue weighted by Gasteiger charge is 2.39. The van der Waals surface area contributed by atoms with Crippen molar-refractivity contribution in [2.75, 3.05) is 6.54 Å². The van der Waals surface area contributed by atoms with Crippen LogP contribution in [0.3, 0.4) is 0 Å². The Hall–Kier alpha value is -0.540. The van der Waals surface area contributed by atoms with Gasteiger partial charge < -0.3 is 10.4 Å². The molecule has 0 bridgehead atoms. The molecule has 0 aromatic rings. The Balaban J connectivity index is 0.000000845. The van der Waals surface area contributed by atoms with Crippen LogP contribution in [-0.2, 0) is 4.79 Å². The summed E-state index contributed by atoms with van der Waals surface area (Å²) < 4.78 is 0. The molecular formula is C9H14ClNO2. The van der Waals surface area contributed by atoms with Crippen LogP contribution in [-0.4, -0.2) is 23.7 Å². The fourth-order valence-electron chi connectivity index (χ4n) is 2.23. The van der Waals surface area contributed by atoms with E-state index >= 15 is 0 Å². The first-order valence-corrected chi connectivity index (χ1v) is 4.40. The second-order valence-corrected chi connectivity index (χ2v) is 3.59. The van der Waals surface area contributed by atoms with Crippen LogP contribution in [0, 0.1) is 11.8 Å². The lowest BCUT2D eigenvalue weighted by molar-refractivity contribution is -0.140. The highest BCUT2D eigenvalue weighted by molar-refractivity contribution is 5.85. The van der Waals surface area contributed by atoms with E-state index < -0.39 is 5.97 Å². The fraction of sp³-hybridized carbons (Fsp3) is 0.667. The van der Waals surface area contributed by atoms with Gasteiger partial charge in [-0.15, -0.1) is 12.4 Å². The minimum absolute atomic E-state index is 0. The van der Waals surface area contributed by atoms with Crippen LogP contribution in [0.1, 0.15) is 12.8 Å². The highest BCUT2D eigenvalue weighted by Crippen LogP contribution is 2.32. The molecule has 3 atom stereocenters. The summed E-state index contributed by atoms with van der Waals surface area (Å²) in [6, 6.07) is -0.306. The molecule has 0 radical (unpaired) electrons. The number of nitrogens with one attached hydrogen (secondary N) is 1. The topological polar surface area (TPSA) is 49.3 Å². The Morgan fingerprint density at radius 1 is 1.38 bits per heavy atom. The van der Waals surface area contributed by atoms with Crippen molar-refractivity contribution in [3.05, 3.63) is 12.2 Å². The van der Waals surface area contributed by atoms with Gasteiger partial charge in [0.2, 0.25) is 0 Å². The van der Waals surface area contributed by atoms with Crippen LogP contribution in [0.15, 0.2) is 12.2 Å². The van der Waals surface area contributed by atoms with Gasteiger partial charge >= 0.3 is 5.97 Å². The first kappa shape index (κ1) is 10.5. The molecule has 1 aliphatic carbocycles. The molecule has 1 heterocycles. The Kier molecular flexibility index (Phi) is 3.33. The number of halogens is 1. The van der Waals surface area contributed by atoms with Crippen molar-refractivity contribution in [3.63, 3.8) is 0 Å². The number of allylic oxidation sites excluding steroid dienone is 2. The lowest BCUT2D eigenvalue weighted by Gasteiger charge is -2.22. The van der Waals surface area contributed by atoms with Gasteiger partial charge in [-0.05, 0) is 31.2 Å². The summed E-state index contributed by atoms with van der Waals surface area (Å²) in [4.78, 5) is 10.8. The molecule has 0 spiro atoms. The van der Waals surface area contributed by atoms with Crippen molar-refractivity contribution >= 4 is 18.4 Å². The van der Waals surface area contributed by atoms with Gasteiger partial charge in [0.15, 0.2) is 0 Å². The fourth-order valence-corrected chi connectivity index (χ4v) is 2.23. The summed E-state index contributed by atoms with van der Waals surface area (Å²) >= 11 is 0. The maximum absolute atomic E-state index is 10.8. The Morgan fingerprint density at radius 2 is 2.08 bits per heavy atom. The average molecular weight is 204 g/mol. The molecule has 0 aromatic carbocycles. The molecule has 3 nitrogen and oxygen atoms in total. The van der Waals surface area contributed by atoms with E-state index in [2.05, 4.69) is 17.5 Å². The van der Waals surface area contributed by atoms with Crippen LogP contribution < -0.4 is 5.32 Å². The number of fused-ring (bicyclic) bond motifs is 1. The standard InChI is InChI=1S/C9H13NO2.ClH/c11-9(12)8-7-4-2-1-3-6(7)5-10-8;/h1-2,6-8,10H,3-5H2,(H,11,12);1H/t6?,7?,8-;/m0./s1. The van der Waals surface area contributed by atoms with Gasteiger partial charge in [-0.3, -0.25) is 4.79 Å². The SMILES string of the molecule is Cl.O=C(O)[C@H]1NCC2CC=CCC21. The molecule has 2 N–H and O–H groups in total. The smallest absolute Gasteiger partial charge is 0.321 e. The lowest BCUT2D eigenvalue weighted by Crippen LogP contribution is -2.35. The molecule has 2 rings (SSSR count). The van der Waals surface area contributed by atoms with Gasteiger partial charge in [-0.25, -0.2) is 0 Å². The predicted molar refractivity (Wildman–Crippen MR) is 52.0 cm³/mol. The molecule has 0 amide bonds. The van der Waals surface area contributed by atoms with Crippen LogP contribution in [0.25, 0.3) is 0 Å². The first-order valence-electron chi connectivity index (χ1n) is 4.40. The van der Waals surface area contributed by atoms with E-state index in [1.54, 1.807) is 0 Å². The van der Waals surface area contributed by atoms with Crippen molar-refractivity contribution in [2.45, 2.75) is 18.9 Å². The summed E-state index contributed by atoms with van der Waals surface area (Å²) in [6.45, 7) is 0.867. The largest absolute Gasteiger partial charge is 0.480 e. The third-order valence-corrected chi connectivity index (χ3v) is 2.91. The number of hydrogen-bond donors (Lipinski definition) is 2. The highest BCUT2D eigenvalue weighted by atomic mass is 35.5. The molecule has 2 aliphatic rings. The van der Waals surface area contributed by atoms with Gasteiger partial charge in [-0.2, -0.15) is 0 Å². The van der Waals surface area contributed by atoms with Crippen molar-refractivity contribution in [1.29, 1.82) is 0 Å². The summed E-state index contributed by atoms with van der Waals surface area (Å²) in [5.74, 6) is 0.182. The molecule has 4 heteroatoms. The van der Waals surface area contributed by atoms with Gasteiger partial charge in [0, 0.05) is 0 Å². The third kappa shape index (κ3) is 1.86. The Bertz CT molecular complexity index is 230. The normalized spacial score (nSPS) is 36.5. The molecule has 2 unspecified atom stereocenters. The quantitative estimate of drug-likeness (QED) is 0.627. The summed E-state index contributed by atoms with van der Waals surface area (Å²) in [7, 11) is 0. The number of hydrogen-bond acceptors (Lipinski definition) is 2. The van der Waals surface area contributed by atoms with E-state index in [1.165, 1.54) is 0 Å². The minimum atomic E-state index is -0.696. The molecule has 1 fully saturated rings. The number of carboxylic acid groups (broad SMARTS) is 1. The predicted octanol–water partition coefficient (Wildman–Crippen LogP) is 1.05. The van der Waals surface area contributed by atoms with E-state index in [0.717, 1.165) is 19.4 Å². The summed E-state index contributed by atoms with van der Waals surface area (Å²) in [5.41, 5.74) is 0. The van der Waals surface area contributed by atoms with Crippen LogP contribution in [0.5, 0.6) is 0 Å². The molecule has 1 saturated heterocycles. The molecular weight excluding hydrogens is 190 g/mol. The van der Waals surface area contributed by atoms with E-state index in [0.29, 0.717) is 11.8 Å². The van der Waals surface area contributed by atoms with Crippen molar-refractivity contribution in [2.24, 2.45) is 11.8 Å². The zero-order valence-electron chi connectivity index (χ0n) is 7.27. The van der Waals surface area contributed by atoms with E-state index in [4.69, 9.17) is 5.11 Å². The Labute approximate surface area is 83.6 Å². The van der Waals surface area contributed by atoms with Crippen LogP contribution >= 0.6 is 12.4 Å². The number of carboxylic acids is 1. The number of aliphatic carboxylic acids is 1. The van der Waals surface area contributed by atoms with Crippen LogP contribution in [0.2, 0.25) is 0 Å². The average Bonchev–Trinajstić information content (AvgIpc) is 2.47. The first-order chi connectivity index (χ1) is 5.79. The molecule has 0 saturated carbocycles. The van der Waals surface area contributed by atoms with Crippen molar-refractivity contribution in [3.8, 4) is 0 Å². The van der Waals surface area contributed by atoms with E-state index in [1.807, 2.05) is 0 Å². The molecule has 13 heavy (non-hydrogen) atoms. The summed E-state index contributed by atoms with van der Waals surface area (Å²) in [6.07, 6.45) is 6.23. The van der Waals surface area contributed by atoms with Crippen molar-refractivity contribution in [1.82, 2.24) is 5.32 Å². The monoisotopic (exact) mass is 203 g/mol. The zero-order chi connectivity index (χ0) is 8.55. The molecule has 74 valence electrons. The maximum atomic E-state index is 10.8. The molecule has 0 aromatic heterocycles. The second kappa shape index (κ2) is 4.11. The minimum Gasteiger partial charge on any atom is -0.480 e. The maximum Gasteiger partial charge on any atom is 0.321 e. The van der Waals surface area contributed by atoms with Gasteiger partial charge in [0.25, 0.3) is 0 Å².